The number of hydrogen-bond acceptors (Lipinski definition) is 6. The molecule has 0 aliphatic carbocycles. The summed E-state index contributed by atoms with van der Waals surface area (Å²) < 4.78 is 26.5. The highest BCUT2D eigenvalue weighted by atomic mass is 35.5. The van der Waals surface area contributed by atoms with Gasteiger partial charge in [0.05, 0.1) is 18.8 Å². The molecule has 0 radical (unpaired) electrons. The molecular weight excluding hydrogens is 573 g/mol. The summed E-state index contributed by atoms with van der Waals surface area (Å²) in [6.07, 6.45) is 0.996. The molecule has 3 aromatic rings. The third-order valence-corrected chi connectivity index (χ3v) is 7.71. The van der Waals surface area contributed by atoms with Gasteiger partial charge in [-0.3, -0.25) is 20.1 Å². The SMILES string of the molecule is C=C(C(C)(C)C)[C@]1(c2ccc(OC)cc2F)NC(=N)N([C@H](COC(=O)N(C)C)c2ccc(Cl)c(-c3ccccn3)c2)C1=O. The largest absolute Gasteiger partial charge is 0.497 e. The lowest BCUT2D eigenvalue weighted by Gasteiger charge is -2.37. The van der Waals surface area contributed by atoms with E-state index in [0.717, 1.165) is 0 Å². The quantitative estimate of drug-likeness (QED) is 0.297. The normalized spacial score (nSPS) is 17.3. The van der Waals surface area contributed by atoms with E-state index in [1.807, 2.05) is 26.8 Å². The molecule has 1 aromatic heterocycles. The molecule has 1 aliphatic heterocycles. The van der Waals surface area contributed by atoms with Crippen LogP contribution in [0.5, 0.6) is 5.75 Å². The van der Waals surface area contributed by atoms with Crippen LogP contribution in [0.25, 0.3) is 11.3 Å². The van der Waals surface area contributed by atoms with E-state index in [2.05, 4.69) is 16.9 Å². The van der Waals surface area contributed by atoms with E-state index in [1.54, 1.807) is 42.6 Å². The van der Waals surface area contributed by atoms with Crippen LogP contribution in [0.1, 0.15) is 37.9 Å². The van der Waals surface area contributed by atoms with Gasteiger partial charge in [0.2, 0.25) is 0 Å². The fraction of sp³-hybridized carbons (Fsp3) is 0.312. The van der Waals surface area contributed by atoms with Crippen LogP contribution in [0.15, 0.2) is 72.9 Å². The number of nitrogens with one attached hydrogen (secondary N) is 2. The summed E-state index contributed by atoms with van der Waals surface area (Å²) in [6.45, 7) is 9.49. The van der Waals surface area contributed by atoms with E-state index in [1.165, 1.54) is 43.1 Å². The highest BCUT2D eigenvalue weighted by Gasteiger charge is 2.58. The predicted molar refractivity (Wildman–Crippen MR) is 163 cm³/mol. The Hall–Kier alpha value is -4.44. The van der Waals surface area contributed by atoms with E-state index in [9.17, 15) is 9.59 Å². The number of aromatic nitrogens is 1. The zero-order chi connectivity index (χ0) is 31.7. The standard InChI is InChI=1S/C32H35ClFN5O4/c1-19(31(2,3)4)32(23-13-12-21(42-7)17-25(23)34)28(40)39(29(35)37-32)27(18-43-30(41)38(5)6)20-11-14-24(33)22(16-20)26-10-8-9-15-36-26/h8-17,27H,1,18H2,2-7H3,(H2,35,37)/t27-,32-/m1/s1. The number of amides is 2. The number of methoxy groups -OCH3 is 1. The Bertz CT molecular complexity index is 1570. The van der Waals surface area contributed by atoms with Crippen molar-refractivity contribution in [2.75, 3.05) is 27.8 Å². The van der Waals surface area contributed by atoms with Crippen molar-refractivity contribution in [3.05, 3.63) is 94.9 Å². The van der Waals surface area contributed by atoms with Crippen LogP contribution >= 0.6 is 11.6 Å². The van der Waals surface area contributed by atoms with Crippen LogP contribution in [0.3, 0.4) is 0 Å². The Labute approximate surface area is 255 Å². The van der Waals surface area contributed by atoms with E-state index >= 15 is 4.39 Å². The van der Waals surface area contributed by atoms with Gasteiger partial charge in [-0.25, -0.2) is 9.18 Å². The number of hydrogen-bond donors (Lipinski definition) is 2. The van der Waals surface area contributed by atoms with Gasteiger partial charge >= 0.3 is 6.09 Å². The van der Waals surface area contributed by atoms with Crippen LogP contribution in [0, 0.1) is 16.6 Å². The molecule has 0 spiro atoms. The molecule has 0 bridgehead atoms. The molecule has 4 rings (SSSR count). The number of pyridine rings is 1. The van der Waals surface area contributed by atoms with Crippen molar-refractivity contribution in [3.8, 4) is 17.0 Å². The third kappa shape index (κ3) is 5.92. The molecule has 0 saturated carbocycles. The Morgan fingerprint density at radius 3 is 2.51 bits per heavy atom. The Morgan fingerprint density at radius 2 is 1.93 bits per heavy atom. The molecule has 1 aliphatic rings. The first-order valence-corrected chi connectivity index (χ1v) is 13.9. The number of rotatable bonds is 8. The van der Waals surface area contributed by atoms with Gasteiger partial charge in [-0.05, 0) is 52.9 Å². The monoisotopic (exact) mass is 607 g/mol. The summed E-state index contributed by atoms with van der Waals surface area (Å²) in [4.78, 5) is 34.1. The Kier molecular flexibility index (Phi) is 8.82. The average molecular weight is 608 g/mol. The first kappa shape index (κ1) is 31.5. The van der Waals surface area contributed by atoms with Crippen LogP contribution in [-0.2, 0) is 15.1 Å². The molecule has 2 atom stereocenters. The molecule has 43 heavy (non-hydrogen) atoms. The van der Waals surface area contributed by atoms with E-state index in [4.69, 9.17) is 26.5 Å². The third-order valence-electron chi connectivity index (χ3n) is 7.38. The summed E-state index contributed by atoms with van der Waals surface area (Å²) in [5.41, 5.74) is -0.507. The van der Waals surface area contributed by atoms with Crippen molar-refractivity contribution in [3.63, 3.8) is 0 Å². The van der Waals surface area contributed by atoms with Gasteiger partial charge in [0.25, 0.3) is 5.91 Å². The number of carbonyl (C=O) groups is 2. The molecule has 2 heterocycles. The second-order valence-corrected chi connectivity index (χ2v) is 11.8. The van der Waals surface area contributed by atoms with Crippen molar-refractivity contribution in [1.29, 1.82) is 5.41 Å². The molecule has 2 N–H and O–H groups in total. The minimum Gasteiger partial charge on any atom is -0.497 e. The lowest BCUT2D eigenvalue weighted by molar-refractivity contribution is -0.133. The first-order valence-electron chi connectivity index (χ1n) is 13.5. The topological polar surface area (TPSA) is 108 Å². The van der Waals surface area contributed by atoms with Gasteiger partial charge in [0.15, 0.2) is 11.5 Å². The van der Waals surface area contributed by atoms with Crippen LogP contribution in [0.2, 0.25) is 5.02 Å². The fourth-order valence-corrected chi connectivity index (χ4v) is 5.19. The molecule has 9 nitrogen and oxygen atoms in total. The lowest BCUT2D eigenvalue weighted by atomic mass is 9.71. The maximum atomic E-state index is 15.8. The van der Waals surface area contributed by atoms with E-state index in [-0.39, 0.29) is 23.9 Å². The maximum Gasteiger partial charge on any atom is 0.409 e. The number of benzene rings is 2. The molecule has 1 fully saturated rings. The van der Waals surface area contributed by atoms with Crippen molar-refractivity contribution in [2.24, 2.45) is 5.41 Å². The highest BCUT2D eigenvalue weighted by molar-refractivity contribution is 6.33. The van der Waals surface area contributed by atoms with Gasteiger partial charge in [-0.2, -0.15) is 0 Å². The lowest BCUT2D eigenvalue weighted by Crippen LogP contribution is -2.49. The second-order valence-electron chi connectivity index (χ2n) is 11.4. The maximum absolute atomic E-state index is 15.8. The van der Waals surface area contributed by atoms with Crippen molar-refractivity contribution in [2.45, 2.75) is 32.4 Å². The molecule has 1 saturated heterocycles. The first-order chi connectivity index (χ1) is 20.2. The minimum absolute atomic E-state index is 0.0141. The zero-order valence-corrected chi connectivity index (χ0v) is 25.8. The fourth-order valence-electron chi connectivity index (χ4n) is 4.98. The number of guanidine groups is 1. The summed E-state index contributed by atoms with van der Waals surface area (Å²) >= 11 is 6.55. The van der Waals surface area contributed by atoms with E-state index < -0.39 is 34.8 Å². The summed E-state index contributed by atoms with van der Waals surface area (Å²) in [7, 11) is 4.49. The van der Waals surface area contributed by atoms with Gasteiger partial charge in [-0.1, -0.05) is 51.1 Å². The van der Waals surface area contributed by atoms with Crippen molar-refractivity contribution >= 4 is 29.6 Å². The molecular formula is C32H35ClFN5O4. The predicted octanol–water partition coefficient (Wildman–Crippen LogP) is 6.15. The summed E-state index contributed by atoms with van der Waals surface area (Å²) in [5.74, 6) is -1.40. The molecule has 2 amide bonds. The van der Waals surface area contributed by atoms with Crippen molar-refractivity contribution < 1.29 is 23.5 Å². The Balaban J connectivity index is 1.90. The summed E-state index contributed by atoms with van der Waals surface area (Å²) in [5, 5.41) is 12.4. The van der Waals surface area contributed by atoms with Gasteiger partial charge in [0.1, 0.15) is 18.2 Å². The highest BCUT2D eigenvalue weighted by Crippen LogP contribution is 2.46. The number of nitrogens with zero attached hydrogens (tertiary/aromatic N) is 3. The number of halogens is 2. The van der Waals surface area contributed by atoms with Crippen LogP contribution in [-0.4, -0.2) is 60.6 Å². The van der Waals surface area contributed by atoms with Crippen LogP contribution < -0.4 is 10.1 Å². The van der Waals surface area contributed by atoms with Gasteiger partial charge in [-0.15, -0.1) is 0 Å². The molecule has 11 heteroatoms. The van der Waals surface area contributed by atoms with Gasteiger partial charge < -0.3 is 19.7 Å². The summed E-state index contributed by atoms with van der Waals surface area (Å²) in [6, 6.07) is 13.7. The Morgan fingerprint density at radius 1 is 1.21 bits per heavy atom. The van der Waals surface area contributed by atoms with E-state index in [0.29, 0.717) is 27.4 Å². The van der Waals surface area contributed by atoms with Gasteiger partial charge in [0, 0.05) is 42.5 Å². The number of ether oxygens (including phenoxy) is 2. The van der Waals surface area contributed by atoms with Crippen LogP contribution in [0.4, 0.5) is 9.18 Å². The average Bonchev–Trinajstić information content (AvgIpc) is 3.23. The molecule has 0 unspecified atom stereocenters. The zero-order valence-electron chi connectivity index (χ0n) is 25.0. The number of carbonyl (C=O) groups excluding carboxylic acids is 2. The molecule has 226 valence electrons. The smallest absolute Gasteiger partial charge is 0.409 e. The van der Waals surface area contributed by atoms with Crippen molar-refractivity contribution in [1.82, 2.24) is 20.1 Å². The minimum atomic E-state index is -1.84. The molecule has 2 aromatic carbocycles. The second kappa shape index (κ2) is 12.0.